The van der Waals surface area contributed by atoms with Gasteiger partial charge in [0, 0.05) is 51.5 Å². The smallest absolute Gasteiger partial charge is 0.342 e. The molecule has 0 radical (unpaired) electrons. The minimum atomic E-state index is -4.43. The summed E-state index contributed by atoms with van der Waals surface area (Å²) in [5.41, 5.74) is -0.313. The number of likely N-dealkylation sites (tertiary alicyclic amines) is 2. The molecule has 4 rings (SSSR count). The van der Waals surface area contributed by atoms with Crippen LogP contribution in [0.4, 0.5) is 13.2 Å². The molecule has 2 fully saturated rings. The van der Waals surface area contributed by atoms with E-state index in [-0.39, 0.29) is 37.2 Å². The van der Waals surface area contributed by atoms with E-state index >= 15 is 0 Å². The van der Waals surface area contributed by atoms with Gasteiger partial charge in [0.2, 0.25) is 11.8 Å². The van der Waals surface area contributed by atoms with Gasteiger partial charge >= 0.3 is 6.18 Å². The van der Waals surface area contributed by atoms with Gasteiger partial charge in [-0.2, -0.15) is 13.2 Å². The first-order valence-electron chi connectivity index (χ1n) is 11.0. The van der Waals surface area contributed by atoms with Gasteiger partial charge in [0.1, 0.15) is 0 Å². The van der Waals surface area contributed by atoms with Crippen molar-refractivity contribution in [2.45, 2.75) is 44.9 Å². The summed E-state index contributed by atoms with van der Waals surface area (Å²) in [6, 6.07) is 5.02. The zero-order valence-electron chi connectivity index (χ0n) is 17.8. The molecule has 1 aromatic heterocycles. The number of amides is 2. The van der Waals surface area contributed by atoms with Crippen molar-refractivity contribution in [1.29, 1.82) is 0 Å². The Morgan fingerprint density at radius 3 is 2.62 bits per heavy atom. The Bertz CT molecular complexity index is 937. The number of rotatable bonds is 5. The molecule has 6 nitrogen and oxygen atoms in total. The van der Waals surface area contributed by atoms with Crippen molar-refractivity contribution in [3.63, 3.8) is 0 Å². The molecule has 1 aromatic carbocycles. The topological polar surface area (TPSA) is 58.4 Å². The number of hydrogen-bond acceptors (Lipinski definition) is 3. The number of piperidine rings is 2. The number of hydrogen-bond donors (Lipinski definition) is 0. The summed E-state index contributed by atoms with van der Waals surface area (Å²) in [5, 5.41) is 0. The standard InChI is InChI=1S/C23H27F3N4O2/c24-23(25,26)20-3-1-2-18(12-20)14-30-15-19(4-5-21(30)31)22(32)29-9-6-17(7-10-29)13-28-11-8-27-16-28/h1-3,8,11-12,16-17,19H,4-7,9-10,13-15H2. The van der Waals surface area contributed by atoms with Crippen LogP contribution in [0.2, 0.25) is 0 Å². The molecule has 172 valence electrons. The van der Waals surface area contributed by atoms with Crippen LogP contribution >= 0.6 is 0 Å². The summed E-state index contributed by atoms with van der Waals surface area (Å²) in [5.74, 6) is 0.125. The molecule has 2 aromatic rings. The van der Waals surface area contributed by atoms with E-state index in [0.717, 1.165) is 31.5 Å². The van der Waals surface area contributed by atoms with Gasteiger partial charge in [0.05, 0.1) is 17.8 Å². The van der Waals surface area contributed by atoms with Gasteiger partial charge in [-0.1, -0.05) is 12.1 Å². The highest BCUT2D eigenvalue weighted by atomic mass is 19.4. The Hall–Kier alpha value is -2.84. The molecule has 1 atom stereocenters. The van der Waals surface area contributed by atoms with Gasteiger partial charge in [-0.15, -0.1) is 0 Å². The van der Waals surface area contributed by atoms with Crippen LogP contribution in [0.15, 0.2) is 43.0 Å². The number of aromatic nitrogens is 2. The van der Waals surface area contributed by atoms with E-state index in [1.807, 2.05) is 11.1 Å². The fraction of sp³-hybridized carbons (Fsp3) is 0.522. The third-order valence-electron chi connectivity index (χ3n) is 6.43. The van der Waals surface area contributed by atoms with Crippen molar-refractivity contribution >= 4 is 11.8 Å². The maximum Gasteiger partial charge on any atom is 0.416 e. The van der Waals surface area contributed by atoms with Crippen LogP contribution < -0.4 is 0 Å². The van der Waals surface area contributed by atoms with Gasteiger partial charge in [-0.05, 0) is 42.9 Å². The predicted molar refractivity (Wildman–Crippen MR) is 111 cm³/mol. The number of carbonyl (C=O) groups excluding carboxylic acids is 2. The number of carbonyl (C=O) groups is 2. The van der Waals surface area contributed by atoms with Crippen molar-refractivity contribution < 1.29 is 22.8 Å². The second-order valence-electron chi connectivity index (χ2n) is 8.74. The summed E-state index contributed by atoms with van der Waals surface area (Å²) in [6.45, 7) is 2.61. The molecule has 2 aliphatic heterocycles. The summed E-state index contributed by atoms with van der Waals surface area (Å²) >= 11 is 0. The van der Waals surface area contributed by atoms with Gasteiger partial charge in [0.15, 0.2) is 0 Å². The summed E-state index contributed by atoms with van der Waals surface area (Å²) in [4.78, 5) is 32.9. The Balaban J connectivity index is 1.33. The van der Waals surface area contributed by atoms with Crippen LogP contribution in [0.25, 0.3) is 0 Å². The lowest BCUT2D eigenvalue weighted by atomic mass is 9.92. The first-order chi connectivity index (χ1) is 15.3. The van der Waals surface area contributed by atoms with Gasteiger partial charge in [0.25, 0.3) is 0 Å². The molecule has 0 saturated carbocycles. The summed E-state index contributed by atoms with van der Waals surface area (Å²) < 4.78 is 41.0. The van der Waals surface area contributed by atoms with E-state index in [2.05, 4.69) is 9.55 Å². The van der Waals surface area contributed by atoms with Crippen molar-refractivity contribution in [3.8, 4) is 0 Å². The van der Waals surface area contributed by atoms with Crippen LogP contribution in [0.3, 0.4) is 0 Å². The highest BCUT2D eigenvalue weighted by Crippen LogP contribution is 2.30. The lowest BCUT2D eigenvalue weighted by Crippen LogP contribution is -2.48. The molecule has 2 aliphatic rings. The normalized spacial score (nSPS) is 20.6. The Kier molecular flexibility index (Phi) is 6.53. The van der Waals surface area contributed by atoms with E-state index < -0.39 is 11.7 Å². The Labute approximate surface area is 185 Å². The molecule has 2 amide bonds. The van der Waals surface area contributed by atoms with E-state index in [1.54, 1.807) is 18.6 Å². The number of benzene rings is 1. The third-order valence-corrected chi connectivity index (χ3v) is 6.43. The quantitative estimate of drug-likeness (QED) is 0.703. The molecule has 0 aliphatic carbocycles. The Morgan fingerprint density at radius 2 is 1.94 bits per heavy atom. The molecule has 0 spiro atoms. The minimum Gasteiger partial charge on any atom is -0.342 e. The highest BCUT2D eigenvalue weighted by Gasteiger charge is 2.35. The molecule has 9 heteroatoms. The zero-order valence-corrected chi connectivity index (χ0v) is 17.8. The average molecular weight is 448 g/mol. The molecular formula is C23H27F3N4O2. The van der Waals surface area contributed by atoms with Crippen LogP contribution in [0.1, 0.15) is 36.8 Å². The fourth-order valence-corrected chi connectivity index (χ4v) is 4.62. The lowest BCUT2D eigenvalue weighted by molar-refractivity contribution is -0.144. The predicted octanol–water partition coefficient (Wildman–Crippen LogP) is 3.58. The van der Waals surface area contributed by atoms with E-state index in [9.17, 15) is 22.8 Å². The Morgan fingerprint density at radius 1 is 1.16 bits per heavy atom. The summed E-state index contributed by atoms with van der Waals surface area (Å²) in [6.07, 6.45) is 3.65. The van der Waals surface area contributed by atoms with Gasteiger partial charge < -0.3 is 14.4 Å². The van der Waals surface area contributed by atoms with E-state index in [4.69, 9.17) is 0 Å². The maximum atomic E-state index is 13.1. The number of imidazole rings is 1. The van der Waals surface area contributed by atoms with Crippen molar-refractivity contribution in [3.05, 3.63) is 54.1 Å². The zero-order chi connectivity index (χ0) is 22.7. The summed E-state index contributed by atoms with van der Waals surface area (Å²) in [7, 11) is 0. The second-order valence-corrected chi connectivity index (χ2v) is 8.74. The number of alkyl halides is 3. The van der Waals surface area contributed by atoms with Gasteiger partial charge in [-0.25, -0.2) is 4.98 Å². The average Bonchev–Trinajstić information content (AvgIpc) is 3.28. The first-order valence-corrected chi connectivity index (χ1v) is 11.0. The van der Waals surface area contributed by atoms with Crippen molar-refractivity contribution in [1.82, 2.24) is 19.4 Å². The molecule has 3 heterocycles. The first kappa shape index (κ1) is 22.4. The van der Waals surface area contributed by atoms with Crippen LogP contribution in [-0.2, 0) is 28.9 Å². The van der Waals surface area contributed by atoms with E-state index in [1.165, 1.54) is 11.0 Å². The molecule has 2 saturated heterocycles. The van der Waals surface area contributed by atoms with Crippen LogP contribution in [-0.4, -0.2) is 50.8 Å². The SMILES string of the molecule is O=C1CCC(C(=O)N2CCC(Cn3ccnc3)CC2)CN1Cc1cccc(C(F)(F)F)c1. The van der Waals surface area contributed by atoms with E-state index in [0.29, 0.717) is 31.0 Å². The number of nitrogens with zero attached hydrogens (tertiary/aromatic N) is 4. The van der Waals surface area contributed by atoms with Crippen LogP contribution in [0, 0.1) is 11.8 Å². The molecular weight excluding hydrogens is 421 g/mol. The molecule has 1 unspecified atom stereocenters. The third kappa shape index (κ3) is 5.31. The van der Waals surface area contributed by atoms with Gasteiger partial charge in [-0.3, -0.25) is 9.59 Å². The fourth-order valence-electron chi connectivity index (χ4n) is 4.62. The monoisotopic (exact) mass is 448 g/mol. The van der Waals surface area contributed by atoms with Crippen LogP contribution in [0.5, 0.6) is 0 Å². The van der Waals surface area contributed by atoms with Crippen molar-refractivity contribution in [2.24, 2.45) is 11.8 Å². The lowest BCUT2D eigenvalue weighted by Gasteiger charge is -2.38. The molecule has 32 heavy (non-hydrogen) atoms. The molecule has 0 bridgehead atoms. The highest BCUT2D eigenvalue weighted by molar-refractivity contribution is 5.84. The molecule has 0 N–H and O–H groups in total. The minimum absolute atomic E-state index is 0.0487. The van der Waals surface area contributed by atoms with Crippen molar-refractivity contribution in [2.75, 3.05) is 19.6 Å². The maximum absolute atomic E-state index is 13.1. The second kappa shape index (κ2) is 9.34. The number of halogens is 3. The largest absolute Gasteiger partial charge is 0.416 e.